The largest absolute Gasteiger partial charge is 0.444 e. The lowest BCUT2D eigenvalue weighted by Crippen LogP contribution is -2.55. The van der Waals surface area contributed by atoms with E-state index in [-0.39, 0.29) is 5.91 Å². The minimum absolute atomic E-state index is 0.293. The number of carbonyl (C=O) groups excluding carboxylic acids is 4. The fraction of sp³-hybridized carbons (Fsp3) is 0.750. The summed E-state index contributed by atoms with van der Waals surface area (Å²) in [5.74, 6) is -1.46. The Hall–Kier alpha value is -2.36. The number of alkyl carbamates (subject to hydrolysis) is 1. The molecule has 3 unspecified atom stereocenters. The second-order valence-corrected chi connectivity index (χ2v) is 6.91. The van der Waals surface area contributed by atoms with Crippen LogP contribution in [0.1, 0.15) is 41.5 Å². The van der Waals surface area contributed by atoms with E-state index in [1.807, 2.05) is 0 Å². The van der Waals surface area contributed by atoms with Crippen LogP contribution in [0.5, 0.6) is 0 Å². The number of nitrogens with one attached hydrogen (secondary N) is 4. The van der Waals surface area contributed by atoms with Gasteiger partial charge in [-0.3, -0.25) is 14.4 Å². The summed E-state index contributed by atoms with van der Waals surface area (Å²) in [5, 5.41) is 9.88. The van der Waals surface area contributed by atoms with E-state index in [1.54, 1.807) is 20.8 Å². The highest BCUT2D eigenvalue weighted by molar-refractivity contribution is 5.93. The average Bonchev–Trinajstić information content (AvgIpc) is 2.49. The standard InChI is InChI=1S/C16H31N5O5/c1-9(12(22)18-8-7-17)19-13(23)10(2)20-14(24)11(3)21-15(25)26-16(4,5)6/h9-11H,7-8,17H2,1-6H3,(H,18,22)(H,19,23)(H,20,24)(H,21,25). The van der Waals surface area contributed by atoms with Gasteiger partial charge in [0.2, 0.25) is 17.7 Å². The number of rotatable bonds is 8. The molecule has 10 nitrogen and oxygen atoms in total. The maximum absolute atomic E-state index is 12.1. The lowest BCUT2D eigenvalue weighted by Gasteiger charge is -2.23. The summed E-state index contributed by atoms with van der Waals surface area (Å²) >= 11 is 0. The zero-order chi connectivity index (χ0) is 20.5. The first kappa shape index (κ1) is 23.6. The first-order valence-corrected chi connectivity index (χ1v) is 8.45. The van der Waals surface area contributed by atoms with Gasteiger partial charge in [-0.25, -0.2) is 4.79 Å². The molecule has 3 atom stereocenters. The maximum Gasteiger partial charge on any atom is 0.408 e. The molecule has 0 heterocycles. The van der Waals surface area contributed by atoms with E-state index in [0.717, 1.165) is 0 Å². The van der Waals surface area contributed by atoms with Gasteiger partial charge in [0.05, 0.1) is 0 Å². The number of hydrogen-bond acceptors (Lipinski definition) is 6. The maximum atomic E-state index is 12.1. The third kappa shape index (κ3) is 9.82. The molecule has 0 aliphatic heterocycles. The second-order valence-electron chi connectivity index (χ2n) is 6.91. The average molecular weight is 373 g/mol. The van der Waals surface area contributed by atoms with Crippen molar-refractivity contribution in [1.82, 2.24) is 21.3 Å². The van der Waals surface area contributed by atoms with E-state index >= 15 is 0 Å². The molecule has 150 valence electrons. The Morgan fingerprint density at radius 1 is 0.846 bits per heavy atom. The van der Waals surface area contributed by atoms with Gasteiger partial charge >= 0.3 is 6.09 Å². The molecule has 0 aliphatic carbocycles. The number of nitrogens with two attached hydrogens (primary N) is 1. The van der Waals surface area contributed by atoms with Crippen molar-refractivity contribution < 1.29 is 23.9 Å². The van der Waals surface area contributed by atoms with Gasteiger partial charge in [-0.15, -0.1) is 0 Å². The van der Waals surface area contributed by atoms with E-state index in [2.05, 4.69) is 21.3 Å². The zero-order valence-corrected chi connectivity index (χ0v) is 16.3. The molecule has 0 saturated carbocycles. The third-order valence-corrected chi connectivity index (χ3v) is 3.07. The SMILES string of the molecule is CC(NC(=O)OC(C)(C)C)C(=O)NC(C)C(=O)NC(C)C(=O)NCCN. The van der Waals surface area contributed by atoms with Crippen LogP contribution in [0.15, 0.2) is 0 Å². The van der Waals surface area contributed by atoms with Gasteiger partial charge in [0.15, 0.2) is 0 Å². The minimum Gasteiger partial charge on any atom is -0.444 e. The quantitative estimate of drug-likeness (QED) is 0.367. The van der Waals surface area contributed by atoms with Crippen molar-refractivity contribution in [2.45, 2.75) is 65.3 Å². The van der Waals surface area contributed by atoms with Gasteiger partial charge in [0.1, 0.15) is 23.7 Å². The van der Waals surface area contributed by atoms with Crippen LogP contribution in [0.3, 0.4) is 0 Å². The molecule has 10 heteroatoms. The van der Waals surface area contributed by atoms with E-state index in [4.69, 9.17) is 10.5 Å². The van der Waals surface area contributed by atoms with Crippen LogP contribution in [0.4, 0.5) is 4.79 Å². The number of carbonyl (C=O) groups is 4. The van der Waals surface area contributed by atoms with Crippen molar-refractivity contribution in [3.05, 3.63) is 0 Å². The molecular weight excluding hydrogens is 342 g/mol. The van der Waals surface area contributed by atoms with Gasteiger partial charge in [0, 0.05) is 13.1 Å². The summed E-state index contributed by atoms with van der Waals surface area (Å²) in [6, 6.07) is -2.56. The summed E-state index contributed by atoms with van der Waals surface area (Å²) in [6.45, 7) is 10.2. The number of amides is 4. The van der Waals surface area contributed by atoms with Crippen LogP contribution in [0, 0.1) is 0 Å². The summed E-state index contributed by atoms with van der Waals surface area (Å²) < 4.78 is 5.06. The predicted molar refractivity (Wildman–Crippen MR) is 96.1 cm³/mol. The number of hydrogen-bond donors (Lipinski definition) is 5. The Morgan fingerprint density at radius 3 is 1.69 bits per heavy atom. The molecular formula is C16H31N5O5. The Morgan fingerprint density at radius 2 is 1.27 bits per heavy atom. The molecule has 0 spiro atoms. The molecule has 0 aromatic carbocycles. The normalized spacial score (nSPS) is 14.4. The molecule has 0 saturated heterocycles. The molecule has 26 heavy (non-hydrogen) atoms. The second kappa shape index (κ2) is 10.6. The summed E-state index contributed by atoms with van der Waals surface area (Å²) in [7, 11) is 0. The molecule has 0 aromatic heterocycles. The van der Waals surface area contributed by atoms with Crippen molar-refractivity contribution >= 4 is 23.8 Å². The molecule has 4 amide bonds. The van der Waals surface area contributed by atoms with Gasteiger partial charge < -0.3 is 31.7 Å². The van der Waals surface area contributed by atoms with Gasteiger partial charge in [-0.2, -0.15) is 0 Å². The van der Waals surface area contributed by atoms with E-state index in [9.17, 15) is 19.2 Å². The minimum atomic E-state index is -0.898. The number of ether oxygens (including phenoxy) is 1. The first-order valence-electron chi connectivity index (χ1n) is 8.45. The van der Waals surface area contributed by atoms with Gasteiger partial charge in [-0.05, 0) is 41.5 Å². The highest BCUT2D eigenvalue weighted by Crippen LogP contribution is 2.06. The van der Waals surface area contributed by atoms with Crippen molar-refractivity contribution in [1.29, 1.82) is 0 Å². The molecule has 0 rings (SSSR count). The predicted octanol–water partition coefficient (Wildman–Crippen LogP) is -1.02. The van der Waals surface area contributed by atoms with Crippen LogP contribution in [-0.4, -0.2) is 60.6 Å². The summed E-state index contributed by atoms with van der Waals surface area (Å²) in [4.78, 5) is 47.5. The highest BCUT2D eigenvalue weighted by atomic mass is 16.6. The van der Waals surface area contributed by atoms with Crippen molar-refractivity contribution in [3.8, 4) is 0 Å². The lowest BCUT2D eigenvalue weighted by molar-refractivity contribution is -0.131. The molecule has 0 bridgehead atoms. The summed E-state index contributed by atoms with van der Waals surface area (Å²) in [6.07, 6.45) is -0.734. The molecule has 0 radical (unpaired) electrons. The Bertz CT molecular complexity index is 518. The molecule has 0 fully saturated rings. The molecule has 0 aromatic rings. The zero-order valence-electron chi connectivity index (χ0n) is 16.3. The van der Waals surface area contributed by atoms with Crippen molar-refractivity contribution in [2.75, 3.05) is 13.1 Å². The Labute approximate surface area is 154 Å². The van der Waals surface area contributed by atoms with Crippen LogP contribution < -0.4 is 27.0 Å². The fourth-order valence-electron chi connectivity index (χ4n) is 1.71. The topological polar surface area (TPSA) is 152 Å². The third-order valence-electron chi connectivity index (χ3n) is 3.07. The van der Waals surface area contributed by atoms with Gasteiger partial charge in [-0.1, -0.05) is 0 Å². The molecule has 6 N–H and O–H groups in total. The smallest absolute Gasteiger partial charge is 0.408 e. The van der Waals surface area contributed by atoms with Crippen LogP contribution in [-0.2, 0) is 19.1 Å². The summed E-state index contributed by atoms with van der Waals surface area (Å²) in [5.41, 5.74) is 4.60. The van der Waals surface area contributed by atoms with Crippen LogP contribution in [0.2, 0.25) is 0 Å². The van der Waals surface area contributed by atoms with Crippen molar-refractivity contribution in [2.24, 2.45) is 5.73 Å². The highest BCUT2D eigenvalue weighted by Gasteiger charge is 2.25. The van der Waals surface area contributed by atoms with Crippen LogP contribution >= 0.6 is 0 Å². The van der Waals surface area contributed by atoms with Gasteiger partial charge in [0.25, 0.3) is 0 Å². The monoisotopic (exact) mass is 373 g/mol. The van der Waals surface area contributed by atoms with E-state index < -0.39 is 41.6 Å². The first-order chi connectivity index (χ1) is 11.9. The Kier molecular flexibility index (Phi) is 9.63. The Balaban J connectivity index is 4.44. The fourth-order valence-corrected chi connectivity index (χ4v) is 1.71. The van der Waals surface area contributed by atoms with E-state index in [0.29, 0.717) is 13.1 Å². The van der Waals surface area contributed by atoms with Crippen LogP contribution in [0.25, 0.3) is 0 Å². The van der Waals surface area contributed by atoms with E-state index in [1.165, 1.54) is 20.8 Å². The molecule has 0 aliphatic rings. The lowest BCUT2D eigenvalue weighted by atomic mass is 10.2. The van der Waals surface area contributed by atoms with Crippen molar-refractivity contribution in [3.63, 3.8) is 0 Å².